The van der Waals surface area contributed by atoms with Crippen molar-refractivity contribution in [3.63, 3.8) is 0 Å². The Morgan fingerprint density at radius 2 is 2.42 bits per heavy atom. The van der Waals surface area contributed by atoms with Crippen LogP contribution in [0.5, 0.6) is 5.88 Å². The molecule has 0 saturated carbocycles. The molecule has 0 aliphatic heterocycles. The van der Waals surface area contributed by atoms with E-state index in [2.05, 4.69) is 18.8 Å². The molecule has 0 saturated heterocycles. The predicted molar refractivity (Wildman–Crippen MR) is 50.8 cm³/mol. The monoisotopic (exact) mass is 186 g/mol. The van der Waals surface area contributed by atoms with Gasteiger partial charge in [-0.3, -0.25) is 0 Å². The van der Waals surface area contributed by atoms with Crippen LogP contribution in [0.25, 0.3) is 0 Å². The number of nitrogens with two attached hydrogens (primary N) is 1. The first-order chi connectivity index (χ1) is 5.74. The van der Waals surface area contributed by atoms with Gasteiger partial charge < -0.3 is 10.5 Å². The number of ether oxygens (including phenoxy) is 1. The molecule has 0 fully saturated rings. The van der Waals surface area contributed by atoms with Crippen molar-refractivity contribution in [3.8, 4) is 5.88 Å². The molecule has 0 aliphatic carbocycles. The Bertz CT molecular complexity index is 235. The van der Waals surface area contributed by atoms with Gasteiger partial charge in [0.1, 0.15) is 6.61 Å². The van der Waals surface area contributed by atoms with Crippen LogP contribution in [-0.2, 0) is 0 Å². The van der Waals surface area contributed by atoms with Crippen molar-refractivity contribution in [3.05, 3.63) is 10.4 Å². The van der Waals surface area contributed by atoms with E-state index in [-0.39, 0.29) is 0 Å². The molecule has 1 aromatic heterocycles. The molecule has 0 spiro atoms. The van der Waals surface area contributed by atoms with Crippen molar-refractivity contribution in [2.24, 2.45) is 5.73 Å². The highest BCUT2D eigenvalue weighted by atomic mass is 32.1. The number of nitrogens with zero attached hydrogens (tertiary/aromatic N) is 1. The fourth-order valence-electron chi connectivity index (χ4n) is 0.767. The van der Waals surface area contributed by atoms with E-state index in [9.17, 15) is 0 Å². The minimum absolute atomic E-state index is 0.477. The number of thiazole rings is 1. The zero-order chi connectivity index (χ0) is 8.97. The van der Waals surface area contributed by atoms with Crippen LogP contribution in [0.4, 0.5) is 0 Å². The molecule has 3 nitrogen and oxygen atoms in total. The Balaban J connectivity index is 2.52. The minimum Gasteiger partial charge on any atom is -0.476 e. The van der Waals surface area contributed by atoms with E-state index < -0.39 is 0 Å². The summed E-state index contributed by atoms with van der Waals surface area (Å²) in [6.07, 6.45) is 0. The zero-order valence-corrected chi connectivity index (χ0v) is 8.23. The fraction of sp³-hybridized carbons (Fsp3) is 0.625. The summed E-state index contributed by atoms with van der Waals surface area (Å²) in [7, 11) is 0. The van der Waals surface area contributed by atoms with Crippen LogP contribution in [-0.4, -0.2) is 18.1 Å². The van der Waals surface area contributed by atoms with Crippen molar-refractivity contribution in [1.29, 1.82) is 0 Å². The SMILES string of the molecule is CC(C)c1nc(OCCN)cs1. The van der Waals surface area contributed by atoms with E-state index in [1.165, 1.54) is 0 Å². The molecule has 4 heteroatoms. The van der Waals surface area contributed by atoms with Crippen LogP contribution in [0.15, 0.2) is 5.38 Å². The molecule has 0 atom stereocenters. The van der Waals surface area contributed by atoms with Gasteiger partial charge in [0.15, 0.2) is 0 Å². The fourth-order valence-corrected chi connectivity index (χ4v) is 1.52. The lowest BCUT2D eigenvalue weighted by atomic mass is 10.2. The number of hydrogen-bond acceptors (Lipinski definition) is 4. The first-order valence-electron chi connectivity index (χ1n) is 4.02. The summed E-state index contributed by atoms with van der Waals surface area (Å²) < 4.78 is 5.26. The van der Waals surface area contributed by atoms with E-state index in [0.717, 1.165) is 5.01 Å². The third-order valence-electron chi connectivity index (χ3n) is 1.36. The van der Waals surface area contributed by atoms with Crippen molar-refractivity contribution >= 4 is 11.3 Å². The third kappa shape index (κ3) is 2.46. The first kappa shape index (κ1) is 9.48. The molecule has 0 aromatic carbocycles. The summed E-state index contributed by atoms with van der Waals surface area (Å²) >= 11 is 1.63. The molecule has 1 aromatic rings. The highest BCUT2D eigenvalue weighted by molar-refractivity contribution is 7.09. The number of aromatic nitrogens is 1. The maximum atomic E-state index is 5.29. The number of hydrogen-bond donors (Lipinski definition) is 1. The smallest absolute Gasteiger partial charge is 0.224 e. The van der Waals surface area contributed by atoms with Crippen LogP contribution in [0.1, 0.15) is 24.8 Å². The Kier molecular flexibility index (Phi) is 3.49. The van der Waals surface area contributed by atoms with Gasteiger partial charge in [0, 0.05) is 12.5 Å². The Hall–Kier alpha value is -0.610. The average Bonchev–Trinajstić information content (AvgIpc) is 2.48. The van der Waals surface area contributed by atoms with E-state index >= 15 is 0 Å². The van der Waals surface area contributed by atoms with E-state index in [0.29, 0.717) is 24.9 Å². The van der Waals surface area contributed by atoms with Gasteiger partial charge in [-0.25, -0.2) is 4.98 Å². The van der Waals surface area contributed by atoms with Crippen LogP contribution in [0.2, 0.25) is 0 Å². The van der Waals surface area contributed by atoms with Crippen LogP contribution in [0.3, 0.4) is 0 Å². The molecular weight excluding hydrogens is 172 g/mol. The second kappa shape index (κ2) is 4.42. The predicted octanol–water partition coefficient (Wildman–Crippen LogP) is 1.60. The van der Waals surface area contributed by atoms with E-state index in [1.807, 2.05) is 5.38 Å². The quantitative estimate of drug-likeness (QED) is 0.777. The zero-order valence-electron chi connectivity index (χ0n) is 7.41. The first-order valence-corrected chi connectivity index (χ1v) is 4.90. The molecule has 0 unspecified atom stereocenters. The molecule has 0 bridgehead atoms. The van der Waals surface area contributed by atoms with E-state index in [4.69, 9.17) is 10.5 Å². The lowest BCUT2D eigenvalue weighted by Gasteiger charge is -1.99. The van der Waals surface area contributed by atoms with Gasteiger partial charge in [0.05, 0.1) is 10.4 Å². The summed E-state index contributed by atoms with van der Waals surface area (Å²) in [6, 6.07) is 0. The molecule has 0 radical (unpaired) electrons. The molecular formula is C8H14N2OS. The average molecular weight is 186 g/mol. The molecule has 12 heavy (non-hydrogen) atoms. The minimum atomic E-state index is 0.477. The standard InChI is InChI=1S/C8H14N2OS/c1-6(2)8-10-7(5-12-8)11-4-3-9/h5-6H,3-4,9H2,1-2H3. The van der Waals surface area contributed by atoms with Crippen molar-refractivity contribution in [1.82, 2.24) is 4.98 Å². The number of rotatable bonds is 4. The molecule has 1 heterocycles. The normalized spacial score (nSPS) is 10.7. The highest BCUT2D eigenvalue weighted by Crippen LogP contribution is 2.22. The maximum absolute atomic E-state index is 5.29. The summed E-state index contributed by atoms with van der Waals surface area (Å²) in [6.45, 7) is 5.31. The van der Waals surface area contributed by atoms with Crippen molar-refractivity contribution < 1.29 is 4.74 Å². The van der Waals surface area contributed by atoms with Gasteiger partial charge in [0.25, 0.3) is 0 Å². The second-order valence-electron chi connectivity index (χ2n) is 2.82. The van der Waals surface area contributed by atoms with Gasteiger partial charge in [-0.1, -0.05) is 13.8 Å². The topological polar surface area (TPSA) is 48.1 Å². The van der Waals surface area contributed by atoms with Gasteiger partial charge in [-0.15, -0.1) is 11.3 Å². The van der Waals surface area contributed by atoms with Crippen molar-refractivity contribution in [2.45, 2.75) is 19.8 Å². The summed E-state index contributed by atoms with van der Waals surface area (Å²) in [5.74, 6) is 1.18. The largest absolute Gasteiger partial charge is 0.476 e. The van der Waals surface area contributed by atoms with Gasteiger partial charge in [0.2, 0.25) is 5.88 Å². The van der Waals surface area contributed by atoms with Crippen molar-refractivity contribution in [2.75, 3.05) is 13.2 Å². The second-order valence-corrected chi connectivity index (χ2v) is 3.71. The summed E-state index contributed by atoms with van der Waals surface area (Å²) in [5, 5.41) is 3.03. The lowest BCUT2D eigenvalue weighted by molar-refractivity contribution is 0.317. The molecule has 1 rings (SSSR count). The van der Waals surface area contributed by atoms with Crippen LogP contribution < -0.4 is 10.5 Å². The van der Waals surface area contributed by atoms with Gasteiger partial charge >= 0.3 is 0 Å². The summed E-state index contributed by atoms with van der Waals surface area (Å²) in [4.78, 5) is 4.29. The van der Waals surface area contributed by atoms with Gasteiger partial charge in [-0.05, 0) is 0 Å². The molecule has 2 N–H and O–H groups in total. The van der Waals surface area contributed by atoms with Gasteiger partial charge in [-0.2, -0.15) is 0 Å². The molecule has 0 amide bonds. The summed E-state index contributed by atoms with van der Waals surface area (Å²) in [5.41, 5.74) is 5.29. The molecule has 68 valence electrons. The maximum Gasteiger partial charge on any atom is 0.224 e. The van der Waals surface area contributed by atoms with E-state index in [1.54, 1.807) is 11.3 Å². The molecule has 0 aliphatic rings. The Labute approximate surface area is 76.6 Å². The lowest BCUT2D eigenvalue weighted by Crippen LogP contribution is -2.10. The van der Waals surface area contributed by atoms with Crippen LogP contribution >= 0.6 is 11.3 Å². The highest BCUT2D eigenvalue weighted by Gasteiger charge is 2.05. The van der Waals surface area contributed by atoms with Crippen LogP contribution in [0, 0.1) is 0 Å². The Morgan fingerprint density at radius 1 is 1.67 bits per heavy atom. The Morgan fingerprint density at radius 3 is 2.92 bits per heavy atom. The third-order valence-corrected chi connectivity index (χ3v) is 2.49.